The van der Waals surface area contributed by atoms with E-state index < -0.39 is 0 Å². The van der Waals surface area contributed by atoms with Crippen LogP contribution in [0.2, 0.25) is 0 Å². The molecule has 0 radical (unpaired) electrons. The summed E-state index contributed by atoms with van der Waals surface area (Å²) in [6, 6.07) is 1.97. The zero-order valence-electron chi connectivity index (χ0n) is 7.55. The number of rotatable bonds is 3. The number of aliphatic hydroxyl groups is 1. The van der Waals surface area contributed by atoms with E-state index in [1.54, 1.807) is 17.5 Å². The number of fused-ring (bicyclic) bond motifs is 1. The lowest BCUT2D eigenvalue weighted by Crippen LogP contribution is -2.18. The molecule has 0 spiro atoms. The van der Waals surface area contributed by atoms with E-state index in [1.165, 1.54) is 0 Å². The van der Waals surface area contributed by atoms with Gasteiger partial charge in [-0.05, 0) is 11.4 Å². The van der Waals surface area contributed by atoms with Crippen molar-refractivity contribution in [1.82, 2.24) is 9.97 Å². The smallest absolute Gasteiger partial charge is 0.136 e. The number of hydrogen-bond donors (Lipinski definition) is 2. The SMILES string of the molecule is NCC(CO)c1ncc2ccsc2n1. The highest BCUT2D eigenvalue weighted by Crippen LogP contribution is 2.19. The Kier molecular flexibility index (Phi) is 2.72. The minimum atomic E-state index is -0.151. The van der Waals surface area contributed by atoms with Gasteiger partial charge in [0.15, 0.2) is 0 Å². The molecule has 0 saturated carbocycles. The fraction of sp³-hybridized carbons (Fsp3) is 0.333. The van der Waals surface area contributed by atoms with E-state index in [-0.39, 0.29) is 12.5 Å². The van der Waals surface area contributed by atoms with Crippen molar-refractivity contribution < 1.29 is 5.11 Å². The molecule has 0 aliphatic carbocycles. The van der Waals surface area contributed by atoms with Crippen molar-refractivity contribution in [3.63, 3.8) is 0 Å². The third-order valence-corrected chi connectivity index (χ3v) is 2.92. The average molecular weight is 209 g/mol. The molecule has 5 heteroatoms. The lowest BCUT2D eigenvalue weighted by atomic mass is 10.1. The van der Waals surface area contributed by atoms with Crippen molar-refractivity contribution in [2.24, 2.45) is 5.73 Å². The summed E-state index contributed by atoms with van der Waals surface area (Å²) in [5.41, 5.74) is 5.50. The van der Waals surface area contributed by atoms with Gasteiger partial charge in [0.25, 0.3) is 0 Å². The Bertz CT molecular complexity index is 425. The Labute approximate surface area is 85.4 Å². The van der Waals surface area contributed by atoms with Crippen LogP contribution in [0.4, 0.5) is 0 Å². The first-order chi connectivity index (χ1) is 6.85. The van der Waals surface area contributed by atoms with Gasteiger partial charge in [0.2, 0.25) is 0 Å². The molecule has 4 nitrogen and oxygen atoms in total. The van der Waals surface area contributed by atoms with Gasteiger partial charge in [0, 0.05) is 18.1 Å². The normalized spacial score (nSPS) is 13.3. The second-order valence-electron chi connectivity index (χ2n) is 3.02. The molecule has 0 aromatic carbocycles. The molecule has 0 amide bonds. The van der Waals surface area contributed by atoms with Crippen LogP contribution in [0.3, 0.4) is 0 Å². The van der Waals surface area contributed by atoms with Crippen molar-refractivity contribution >= 4 is 21.6 Å². The van der Waals surface area contributed by atoms with E-state index in [9.17, 15) is 0 Å². The quantitative estimate of drug-likeness (QED) is 0.781. The number of aliphatic hydroxyl groups excluding tert-OH is 1. The molecule has 0 fully saturated rings. The zero-order chi connectivity index (χ0) is 9.97. The highest BCUT2D eigenvalue weighted by Gasteiger charge is 2.12. The fourth-order valence-corrected chi connectivity index (χ4v) is 1.97. The number of aromatic nitrogens is 2. The Morgan fingerprint density at radius 1 is 1.57 bits per heavy atom. The molecule has 0 aliphatic rings. The van der Waals surface area contributed by atoms with Gasteiger partial charge in [-0.2, -0.15) is 0 Å². The summed E-state index contributed by atoms with van der Waals surface area (Å²) >= 11 is 1.57. The summed E-state index contributed by atoms with van der Waals surface area (Å²) in [4.78, 5) is 9.47. The summed E-state index contributed by atoms with van der Waals surface area (Å²) in [6.07, 6.45) is 1.77. The third-order valence-electron chi connectivity index (χ3n) is 2.10. The second kappa shape index (κ2) is 4.00. The predicted molar refractivity (Wildman–Crippen MR) is 56.3 cm³/mol. The van der Waals surface area contributed by atoms with Gasteiger partial charge in [-0.15, -0.1) is 11.3 Å². The van der Waals surface area contributed by atoms with Crippen LogP contribution in [-0.4, -0.2) is 28.2 Å². The van der Waals surface area contributed by atoms with Gasteiger partial charge in [-0.25, -0.2) is 9.97 Å². The maximum Gasteiger partial charge on any atom is 0.136 e. The highest BCUT2D eigenvalue weighted by atomic mass is 32.1. The maximum atomic E-state index is 9.05. The van der Waals surface area contributed by atoms with Gasteiger partial charge in [-0.1, -0.05) is 0 Å². The summed E-state index contributed by atoms with van der Waals surface area (Å²) in [7, 11) is 0. The first-order valence-corrected chi connectivity index (χ1v) is 5.24. The molecule has 1 unspecified atom stereocenters. The standard InChI is InChI=1S/C9H11N3OS/c10-3-7(5-13)8-11-4-6-1-2-14-9(6)12-8/h1-2,4,7,13H,3,5,10H2. The molecule has 0 saturated heterocycles. The van der Waals surface area contributed by atoms with Crippen LogP contribution < -0.4 is 5.73 Å². The Morgan fingerprint density at radius 3 is 3.14 bits per heavy atom. The van der Waals surface area contributed by atoms with Gasteiger partial charge >= 0.3 is 0 Å². The van der Waals surface area contributed by atoms with Gasteiger partial charge < -0.3 is 10.8 Å². The van der Waals surface area contributed by atoms with Gasteiger partial charge in [0.1, 0.15) is 10.7 Å². The number of thiophene rings is 1. The van der Waals surface area contributed by atoms with Crippen molar-refractivity contribution in [1.29, 1.82) is 0 Å². The minimum absolute atomic E-state index is 0.00657. The van der Waals surface area contributed by atoms with Crippen molar-refractivity contribution in [2.45, 2.75) is 5.92 Å². The Morgan fingerprint density at radius 2 is 2.43 bits per heavy atom. The van der Waals surface area contributed by atoms with Crippen LogP contribution in [0.5, 0.6) is 0 Å². The van der Waals surface area contributed by atoms with E-state index in [0.29, 0.717) is 12.4 Å². The van der Waals surface area contributed by atoms with E-state index in [0.717, 1.165) is 10.2 Å². The van der Waals surface area contributed by atoms with Gasteiger partial charge in [0.05, 0.1) is 12.5 Å². The molecule has 74 valence electrons. The van der Waals surface area contributed by atoms with Crippen LogP contribution in [0.15, 0.2) is 17.6 Å². The lowest BCUT2D eigenvalue weighted by molar-refractivity contribution is 0.263. The fourth-order valence-electron chi connectivity index (χ4n) is 1.23. The maximum absolute atomic E-state index is 9.05. The molecule has 1 atom stereocenters. The lowest BCUT2D eigenvalue weighted by Gasteiger charge is -2.08. The zero-order valence-corrected chi connectivity index (χ0v) is 8.37. The molecule has 3 N–H and O–H groups in total. The van der Waals surface area contributed by atoms with Crippen LogP contribution in [0.25, 0.3) is 10.2 Å². The first kappa shape index (κ1) is 9.51. The summed E-state index contributed by atoms with van der Waals surface area (Å²) in [5, 5.41) is 12.1. The van der Waals surface area contributed by atoms with E-state index in [1.807, 2.05) is 11.4 Å². The van der Waals surface area contributed by atoms with E-state index in [2.05, 4.69) is 9.97 Å². The molecule has 0 aliphatic heterocycles. The van der Waals surface area contributed by atoms with Gasteiger partial charge in [-0.3, -0.25) is 0 Å². The Balaban J connectivity index is 2.42. The number of nitrogens with two attached hydrogens (primary N) is 1. The molecule has 14 heavy (non-hydrogen) atoms. The Hall–Kier alpha value is -1.04. The molecular formula is C9H11N3OS. The van der Waals surface area contributed by atoms with Crippen LogP contribution in [0, 0.1) is 0 Å². The minimum Gasteiger partial charge on any atom is -0.396 e. The molecule has 0 bridgehead atoms. The second-order valence-corrected chi connectivity index (χ2v) is 3.92. The van der Waals surface area contributed by atoms with E-state index in [4.69, 9.17) is 10.8 Å². The van der Waals surface area contributed by atoms with Crippen molar-refractivity contribution in [3.8, 4) is 0 Å². The summed E-state index contributed by atoms with van der Waals surface area (Å²) in [6.45, 7) is 0.362. The molecule has 2 aromatic heterocycles. The molecule has 2 heterocycles. The summed E-state index contributed by atoms with van der Waals surface area (Å²) in [5.74, 6) is 0.478. The molecule has 2 aromatic rings. The highest BCUT2D eigenvalue weighted by molar-refractivity contribution is 7.16. The van der Waals surface area contributed by atoms with Crippen molar-refractivity contribution in [2.75, 3.05) is 13.2 Å². The molecule has 2 rings (SSSR count). The predicted octanol–water partition coefficient (Wildman–Crippen LogP) is 0.726. The largest absolute Gasteiger partial charge is 0.396 e. The number of nitrogens with zero attached hydrogens (tertiary/aromatic N) is 2. The van der Waals surface area contributed by atoms with E-state index >= 15 is 0 Å². The van der Waals surface area contributed by atoms with Crippen LogP contribution >= 0.6 is 11.3 Å². The number of hydrogen-bond acceptors (Lipinski definition) is 5. The van der Waals surface area contributed by atoms with Crippen molar-refractivity contribution in [3.05, 3.63) is 23.5 Å². The third kappa shape index (κ3) is 1.61. The average Bonchev–Trinajstić information content (AvgIpc) is 2.66. The van der Waals surface area contributed by atoms with Crippen LogP contribution in [-0.2, 0) is 0 Å². The molecular weight excluding hydrogens is 198 g/mol. The summed E-state index contributed by atoms with van der Waals surface area (Å²) < 4.78 is 0. The monoisotopic (exact) mass is 209 g/mol. The first-order valence-electron chi connectivity index (χ1n) is 4.36. The topological polar surface area (TPSA) is 72.0 Å². The van der Waals surface area contributed by atoms with Crippen LogP contribution in [0.1, 0.15) is 11.7 Å².